The summed E-state index contributed by atoms with van der Waals surface area (Å²) in [5, 5.41) is 0. The van der Waals surface area contributed by atoms with E-state index < -0.39 is 0 Å². The fourth-order valence-corrected chi connectivity index (χ4v) is 5.16. The topological polar surface area (TPSA) is 66.7 Å². The quantitative estimate of drug-likeness (QED) is 0.791. The number of aromatic nitrogens is 1. The molecule has 2 aliphatic heterocycles. The average Bonchev–Trinajstić information content (AvgIpc) is 3.09. The fraction of sp³-hybridized carbons (Fsp3) is 0.688. The molecule has 3 heterocycles. The Morgan fingerprint density at radius 1 is 1.36 bits per heavy atom. The van der Waals surface area contributed by atoms with Gasteiger partial charge in [-0.2, -0.15) is 0 Å². The second-order valence-corrected chi connectivity index (χ2v) is 7.08. The molecule has 2 bridgehead atoms. The van der Waals surface area contributed by atoms with Gasteiger partial charge in [-0.15, -0.1) is 0 Å². The van der Waals surface area contributed by atoms with Gasteiger partial charge in [-0.1, -0.05) is 6.92 Å². The van der Waals surface area contributed by atoms with Gasteiger partial charge in [-0.05, 0) is 25.7 Å². The molecule has 2 amide bonds. The van der Waals surface area contributed by atoms with Crippen LogP contribution < -0.4 is 0 Å². The number of piperidine rings is 1. The lowest BCUT2D eigenvalue weighted by Crippen LogP contribution is -2.57. The number of carbonyl (C=O) groups excluding carboxylic acids is 2. The minimum absolute atomic E-state index is 0.00250. The van der Waals surface area contributed by atoms with Crippen LogP contribution in [-0.2, 0) is 4.79 Å². The molecule has 3 aliphatic rings. The molecule has 118 valence electrons. The van der Waals surface area contributed by atoms with Crippen LogP contribution in [-0.4, -0.2) is 51.3 Å². The molecule has 4 rings (SSSR count). The Kier molecular flexibility index (Phi) is 2.86. The van der Waals surface area contributed by atoms with Gasteiger partial charge < -0.3 is 14.2 Å². The van der Waals surface area contributed by atoms with E-state index in [0.29, 0.717) is 12.3 Å². The van der Waals surface area contributed by atoms with Gasteiger partial charge in [0.1, 0.15) is 0 Å². The maximum absolute atomic E-state index is 12.8. The van der Waals surface area contributed by atoms with Crippen LogP contribution in [0.4, 0.5) is 0 Å². The number of nitrogens with zero attached hydrogens (tertiary/aromatic N) is 3. The van der Waals surface area contributed by atoms with E-state index >= 15 is 0 Å². The molecule has 0 spiro atoms. The highest BCUT2D eigenvalue weighted by atomic mass is 16.3. The van der Waals surface area contributed by atoms with E-state index in [-0.39, 0.29) is 35.4 Å². The molecule has 3 fully saturated rings. The first-order valence-electron chi connectivity index (χ1n) is 8.01. The summed E-state index contributed by atoms with van der Waals surface area (Å²) >= 11 is 0. The van der Waals surface area contributed by atoms with Gasteiger partial charge in [0.2, 0.25) is 11.7 Å². The highest BCUT2D eigenvalue weighted by Gasteiger charge is 2.61. The Balaban J connectivity index is 1.72. The molecule has 0 aromatic carbocycles. The van der Waals surface area contributed by atoms with Crippen molar-refractivity contribution in [2.24, 2.45) is 5.41 Å². The van der Waals surface area contributed by atoms with Crippen LogP contribution in [0.25, 0.3) is 0 Å². The number of likely N-dealkylation sites (tertiary alicyclic amines) is 2. The van der Waals surface area contributed by atoms with Gasteiger partial charge in [-0.25, -0.2) is 4.98 Å². The first-order chi connectivity index (χ1) is 10.5. The molecule has 0 unspecified atom stereocenters. The number of rotatable bonds is 1. The van der Waals surface area contributed by atoms with E-state index in [2.05, 4.69) is 11.9 Å². The van der Waals surface area contributed by atoms with Crippen LogP contribution >= 0.6 is 0 Å². The molecule has 1 saturated carbocycles. The lowest BCUT2D eigenvalue weighted by molar-refractivity contribution is -0.132. The summed E-state index contributed by atoms with van der Waals surface area (Å²) in [5.74, 6) is 0.333. The number of carbonyl (C=O) groups is 2. The third-order valence-corrected chi connectivity index (χ3v) is 5.93. The summed E-state index contributed by atoms with van der Waals surface area (Å²) in [6.45, 7) is 4.50. The Labute approximate surface area is 129 Å². The molecule has 22 heavy (non-hydrogen) atoms. The van der Waals surface area contributed by atoms with Crippen molar-refractivity contribution in [1.82, 2.24) is 14.8 Å². The van der Waals surface area contributed by atoms with Gasteiger partial charge in [0.25, 0.3) is 5.91 Å². The van der Waals surface area contributed by atoms with Crippen molar-refractivity contribution in [3.05, 3.63) is 18.4 Å². The van der Waals surface area contributed by atoms with E-state index in [1.54, 1.807) is 6.92 Å². The maximum atomic E-state index is 12.8. The van der Waals surface area contributed by atoms with Crippen molar-refractivity contribution >= 4 is 11.8 Å². The third-order valence-electron chi connectivity index (χ3n) is 5.93. The minimum Gasteiger partial charge on any atom is -0.438 e. The van der Waals surface area contributed by atoms with Gasteiger partial charge in [0.05, 0.1) is 12.2 Å². The number of amides is 2. The summed E-state index contributed by atoms with van der Waals surface area (Å²) in [5.41, 5.74) is 0.00250. The molecule has 1 aliphatic carbocycles. The molecule has 6 heteroatoms. The summed E-state index contributed by atoms with van der Waals surface area (Å²) in [7, 11) is 0. The molecular formula is C16H21N3O3. The summed E-state index contributed by atoms with van der Waals surface area (Å²) in [4.78, 5) is 32.7. The largest absolute Gasteiger partial charge is 0.438 e. The molecule has 1 aromatic rings. The van der Waals surface area contributed by atoms with Crippen LogP contribution in [0.5, 0.6) is 0 Å². The summed E-state index contributed by atoms with van der Waals surface area (Å²) in [6.07, 6.45) is 6.88. The number of oxazole rings is 1. The summed E-state index contributed by atoms with van der Waals surface area (Å²) in [6, 6.07) is 0.583. The predicted octanol–water partition coefficient (Wildman–Crippen LogP) is 1.68. The normalized spacial score (nSPS) is 36.5. The molecule has 0 radical (unpaired) electrons. The van der Waals surface area contributed by atoms with Crippen LogP contribution in [0.15, 0.2) is 17.0 Å². The van der Waals surface area contributed by atoms with Crippen molar-refractivity contribution in [3.63, 3.8) is 0 Å². The van der Waals surface area contributed by atoms with Gasteiger partial charge in [-0.3, -0.25) is 9.59 Å². The SMILES string of the molecule is CC(=O)N1[C@@H]2CN(C(=O)c3cnco3)[C@@H]3CCC[C@H]1[C@]3(C)C2. The minimum atomic E-state index is -0.0931. The Bertz CT molecular complexity index is 614. The van der Waals surface area contributed by atoms with Crippen LogP contribution in [0.2, 0.25) is 0 Å². The van der Waals surface area contributed by atoms with Gasteiger partial charge in [0.15, 0.2) is 6.39 Å². The van der Waals surface area contributed by atoms with Gasteiger partial charge >= 0.3 is 0 Å². The number of hydrogen-bond donors (Lipinski definition) is 0. The first-order valence-corrected chi connectivity index (χ1v) is 8.01. The molecule has 4 atom stereocenters. The van der Waals surface area contributed by atoms with E-state index in [4.69, 9.17) is 4.42 Å². The van der Waals surface area contributed by atoms with E-state index in [0.717, 1.165) is 25.7 Å². The van der Waals surface area contributed by atoms with E-state index in [1.807, 2.05) is 9.80 Å². The average molecular weight is 303 g/mol. The smallest absolute Gasteiger partial charge is 0.291 e. The summed E-state index contributed by atoms with van der Waals surface area (Å²) < 4.78 is 5.20. The molecule has 1 aromatic heterocycles. The first kappa shape index (κ1) is 13.8. The molecule has 6 nitrogen and oxygen atoms in total. The number of hydrogen-bond acceptors (Lipinski definition) is 4. The monoisotopic (exact) mass is 303 g/mol. The van der Waals surface area contributed by atoms with Crippen molar-refractivity contribution in [1.29, 1.82) is 0 Å². The van der Waals surface area contributed by atoms with Crippen molar-refractivity contribution < 1.29 is 14.0 Å². The van der Waals surface area contributed by atoms with Crippen molar-refractivity contribution in [2.45, 2.75) is 57.7 Å². The van der Waals surface area contributed by atoms with E-state index in [1.165, 1.54) is 12.6 Å². The Hall–Kier alpha value is -1.85. The molecule has 0 N–H and O–H groups in total. The second-order valence-electron chi connectivity index (χ2n) is 7.08. The van der Waals surface area contributed by atoms with E-state index in [9.17, 15) is 9.59 Å². The Morgan fingerprint density at radius 2 is 2.14 bits per heavy atom. The zero-order valence-corrected chi connectivity index (χ0v) is 13.0. The fourth-order valence-electron chi connectivity index (χ4n) is 5.16. The van der Waals surface area contributed by atoms with Gasteiger partial charge in [0, 0.05) is 31.0 Å². The standard InChI is InChI=1S/C16H21N3O3/c1-10(20)19-11-6-16(2)13(4-3-5-14(16)19)18(8-11)15(21)12-7-17-9-22-12/h7,9,11,13-14H,3-6,8H2,1-2H3/t11-,13+,14-,16+/m0/s1. The van der Waals surface area contributed by atoms with Crippen molar-refractivity contribution in [2.75, 3.05) is 6.54 Å². The molecule has 2 saturated heterocycles. The Morgan fingerprint density at radius 3 is 2.82 bits per heavy atom. The second kappa shape index (κ2) is 4.57. The maximum Gasteiger partial charge on any atom is 0.291 e. The third kappa shape index (κ3) is 1.69. The number of fused-ring (bicyclic) bond motifs is 1. The predicted molar refractivity (Wildman–Crippen MR) is 78.0 cm³/mol. The lowest BCUT2D eigenvalue weighted by Gasteiger charge is -2.49. The lowest BCUT2D eigenvalue weighted by atomic mass is 9.65. The van der Waals surface area contributed by atoms with Crippen LogP contribution in [0.3, 0.4) is 0 Å². The van der Waals surface area contributed by atoms with Crippen LogP contribution in [0, 0.1) is 5.41 Å². The highest BCUT2D eigenvalue weighted by molar-refractivity contribution is 5.91. The zero-order chi connectivity index (χ0) is 15.5. The van der Waals surface area contributed by atoms with Crippen LogP contribution in [0.1, 0.15) is 50.1 Å². The van der Waals surface area contributed by atoms with Crippen molar-refractivity contribution in [3.8, 4) is 0 Å². The highest BCUT2D eigenvalue weighted by Crippen LogP contribution is 2.54. The molecular weight excluding hydrogens is 282 g/mol. The zero-order valence-electron chi connectivity index (χ0n) is 13.0.